The van der Waals surface area contributed by atoms with Gasteiger partial charge < -0.3 is 5.32 Å². The number of benzene rings is 1. The van der Waals surface area contributed by atoms with Crippen LogP contribution in [0.2, 0.25) is 0 Å². The second-order valence-electron chi connectivity index (χ2n) is 7.53. The number of nitrogens with one attached hydrogen (secondary N) is 1. The number of aryl methyl sites for hydroxylation is 2. The Hall–Kier alpha value is -2.43. The number of anilines is 1. The largest absolute Gasteiger partial charge is 0.324 e. The summed E-state index contributed by atoms with van der Waals surface area (Å²) in [5.41, 5.74) is 2.71. The van der Waals surface area contributed by atoms with E-state index in [1.165, 1.54) is 4.90 Å². The van der Waals surface area contributed by atoms with Crippen LogP contribution < -0.4 is 5.32 Å². The number of rotatable bonds is 3. The molecular weight excluding hydrogens is 316 g/mol. The molecule has 4 rings (SSSR count). The highest BCUT2D eigenvalue weighted by Gasteiger charge is 2.60. The summed E-state index contributed by atoms with van der Waals surface area (Å²) in [5, 5.41) is 2.87. The molecule has 1 heterocycles. The van der Waals surface area contributed by atoms with Gasteiger partial charge in [-0.05, 0) is 56.2 Å². The Kier molecular flexibility index (Phi) is 3.56. The lowest BCUT2D eigenvalue weighted by Crippen LogP contribution is -2.46. The topological polar surface area (TPSA) is 66.5 Å². The van der Waals surface area contributed by atoms with Crippen LogP contribution in [-0.4, -0.2) is 28.7 Å². The molecule has 1 aromatic carbocycles. The molecule has 3 aliphatic rings. The number of allylic oxidation sites excluding steroid dienone is 2. The molecule has 2 bridgehead atoms. The Morgan fingerprint density at radius 3 is 2.32 bits per heavy atom. The number of fused-ring (bicyclic) bond motifs is 5. The summed E-state index contributed by atoms with van der Waals surface area (Å²) < 4.78 is 0. The number of nitrogens with zero attached hydrogens (tertiary/aromatic N) is 1. The van der Waals surface area contributed by atoms with Crippen molar-refractivity contribution in [1.29, 1.82) is 0 Å². The van der Waals surface area contributed by atoms with Gasteiger partial charge >= 0.3 is 0 Å². The van der Waals surface area contributed by atoms with E-state index in [0.29, 0.717) is 0 Å². The van der Waals surface area contributed by atoms with E-state index in [9.17, 15) is 14.4 Å². The standard InChI is InChI=1S/C20H22N2O3/c1-10-4-5-11(2)15(8-10)21-18(23)12(3)22-19(24)16-13-6-7-14(9-13)17(16)20(22)25/h4-8,12-14,16-17H,9H2,1-3H3,(H,21,23)/t12-,13-,14-,16-,17-/m0/s1. The molecule has 1 N–H and O–H groups in total. The van der Waals surface area contributed by atoms with Gasteiger partial charge in [0.1, 0.15) is 6.04 Å². The minimum absolute atomic E-state index is 0.158. The van der Waals surface area contributed by atoms with E-state index in [1.54, 1.807) is 6.92 Å². The quantitative estimate of drug-likeness (QED) is 0.680. The van der Waals surface area contributed by atoms with Crippen LogP contribution in [0, 0.1) is 37.5 Å². The molecule has 1 saturated heterocycles. The average molecular weight is 338 g/mol. The Balaban J connectivity index is 1.54. The Morgan fingerprint density at radius 1 is 1.12 bits per heavy atom. The van der Waals surface area contributed by atoms with Crippen LogP contribution in [0.25, 0.3) is 0 Å². The number of hydrogen-bond donors (Lipinski definition) is 1. The highest BCUT2D eigenvalue weighted by atomic mass is 16.2. The maximum Gasteiger partial charge on any atom is 0.247 e. The molecule has 0 radical (unpaired) electrons. The van der Waals surface area contributed by atoms with Crippen LogP contribution in [0.4, 0.5) is 5.69 Å². The Bertz CT molecular complexity index is 783. The SMILES string of the molecule is Cc1ccc(C)c(NC(=O)[C@H](C)N2C(=O)[C@@H]3[C@@H](C2=O)[C@H]2C=C[C@H]3C2)c1. The molecule has 5 atom stereocenters. The van der Waals surface area contributed by atoms with Crippen molar-refractivity contribution in [2.75, 3.05) is 5.32 Å². The van der Waals surface area contributed by atoms with Crippen molar-refractivity contribution >= 4 is 23.4 Å². The molecule has 2 fully saturated rings. The fourth-order valence-electron chi connectivity index (χ4n) is 4.53. The van der Waals surface area contributed by atoms with Gasteiger partial charge in [-0.3, -0.25) is 19.3 Å². The molecule has 0 aromatic heterocycles. The van der Waals surface area contributed by atoms with Crippen molar-refractivity contribution in [2.24, 2.45) is 23.7 Å². The van der Waals surface area contributed by atoms with Gasteiger partial charge in [0.15, 0.2) is 0 Å². The molecule has 5 nitrogen and oxygen atoms in total. The highest BCUT2D eigenvalue weighted by Crippen LogP contribution is 2.52. The summed E-state index contributed by atoms with van der Waals surface area (Å²) in [7, 11) is 0. The summed E-state index contributed by atoms with van der Waals surface area (Å²) >= 11 is 0. The third kappa shape index (κ3) is 2.33. The molecule has 1 aliphatic heterocycles. The maximum absolute atomic E-state index is 12.8. The molecule has 5 heteroatoms. The molecule has 25 heavy (non-hydrogen) atoms. The van der Waals surface area contributed by atoms with Crippen LogP contribution in [-0.2, 0) is 14.4 Å². The van der Waals surface area contributed by atoms with Gasteiger partial charge in [0.2, 0.25) is 17.7 Å². The zero-order chi connectivity index (χ0) is 17.9. The molecular formula is C20H22N2O3. The molecule has 0 unspecified atom stereocenters. The van der Waals surface area contributed by atoms with Gasteiger partial charge in [-0.1, -0.05) is 24.3 Å². The zero-order valence-electron chi connectivity index (χ0n) is 14.7. The number of carbonyl (C=O) groups is 3. The van der Waals surface area contributed by atoms with E-state index in [1.807, 2.05) is 32.0 Å². The van der Waals surface area contributed by atoms with Crippen molar-refractivity contribution in [2.45, 2.75) is 33.2 Å². The van der Waals surface area contributed by atoms with Crippen molar-refractivity contribution in [3.05, 3.63) is 41.5 Å². The summed E-state index contributed by atoms with van der Waals surface area (Å²) in [5.74, 6) is -0.907. The van der Waals surface area contributed by atoms with Gasteiger partial charge in [-0.2, -0.15) is 0 Å². The number of hydrogen-bond acceptors (Lipinski definition) is 3. The lowest BCUT2D eigenvalue weighted by molar-refractivity contribution is -0.146. The lowest BCUT2D eigenvalue weighted by atomic mass is 9.85. The van der Waals surface area contributed by atoms with Gasteiger partial charge in [0.05, 0.1) is 11.8 Å². The first-order valence-corrected chi connectivity index (χ1v) is 8.82. The van der Waals surface area contributed by atoms with Gasteiger partial charge in [0, 0.05) is 5.69 Å². The average Bonchev–Trinajstić information content (AvgIpc) is 3.24. The predicted molar refractivity (Wildman–Crippen MR) is 93.6 cm³/mol. The normalized spacial score (nSPS) is 30.8. The second kappa shape index (κ2) is 5.55. The van der Waals surface area contributed by atoms with Crippen molar-refractivity contribution in [3.8, 4) is 0 Å². The lowest BCUT2D eigenvalue weighted by Gasteiger charge is -2.24. The van der Waals surface area contributed by atoms with Crippen molar-refractivity contribution in [1.82, 2.24) is 4.90 Å². The zero-order valence-corrected chi connectivity index (χ0v) is 14.7. The van der Waals surface area contributed by atoms with E-state index in [2.05, 4.69) is 17.5 Å². The second-order valence-corrected chi connectivity index (χ2v) is 7.53. The molecule has 1 aromatic rings. The Morgan fingerprint density at radius 2 is 1.72 bits per heavy atom. The summed E-state index contributed by atoms with van der Waals surface area (Å²) in [6.07, 6.45) is 5.01. The van der Waals surface area contributed by atoms with Crippen LogP contribution in [0.3, 0.4) is 0 Å². The smallest absolute Gasteiger partial charge is 0.247 e. The fraction of sp³-hybridized carbons (Fsp3) is 0.450. The number of carbonyl (C=O) groups excluding carboxylic acids is 3. The van der Waals surface area contributed by atoms with Crippen molar-refractivity contribution in [3.63, 3.8) is 0 Å². The molecule has 2 aliphatic carbocycles. The van der Waals surface area contributed by atoms with Crippen molar-refractivity contribution < 1.29 is 14.4 Å². The van der Waals surface area contributed by atoms with E-state index >= 15 is 0 Å². The molecule has 130 valence electrons. The monoisotopic (exact) mass is 338 g/mol. The van der Waals surface area contributed by atoms with Gasteiger partial charge in [-0.15, -0.1) is 0 Å². The number of amides is 3. The predicted octanol–water partition coefficient (Wildman–Crippen LogP) is 2.44. The molecule has 0 spiro atoms. The number of likely N-dealkylation sites (tertiary alicyclic amines) is 1. The summed E-state index contributed by atoms with van der Waals surface area (Å²) in [6, 6.07) is 5.01. The third-order valence-corrected chi connectivity index (χ3v) is 5.92. The molecule has 1 saturated carbocycles. The van der Waals surface area contributed by atoms with Crippen LogP contribution in [0.15, 0.2) is 30.4 Å². The van der Waals surface area contributed by atoms with E-state index < -0.39 is 6.04 Å². The first kappa shape index (κ1) is 16.1. The van der Waals surface area contributed by atoms with Crippen LogP contribution in [0.1, 0.15) is 24.5 Å². The minimum atomic E-state index is -0.801. The fourth-order valence-corrected chi connectivity index (χ4v) is 4.53. The van der Waals surface area contributed by atoms with E-state index in [4.69, 9.17) is 0 Å². The minimum Gasteiger partial charge on any atom is -0.324 e. The first-order valence-electron chi connectivity index (χ1n) is 8.82. The van der Waals surface area contributed by atoms with E-state index in [-0.39, 0.29) is 41.4 Å². The third-order valence-electron chi connectivity index (χ3n) is 5.92. The van der Waals surface area contributed by atoms with Crippen LogP contribution in [0.5, 0.6) is 0 Å². The van der Waals surface area contributed by atoms with E-state index in [0.717, 1.165) is 23.2 Å². The highest BCUT2D eigenvalue weighted by molar-refractivity contribution is 6.10. The number of imide groups is 1. The van der Waals surface area contributed by atoms with Gasteiger partial charge in [-0.25, -0.2) is 0 Å². The Labute approximate surface area is 147 Å². The summed E-state index contributed by atoms with van der Waals surface area (Å²) in [6.45, 7) is 5.50. The molecule has 3 amide bonds. The summed E-state index contributed by atoms with van der Waals surface area (Å²) in [4.78, 5) is 39.5. The first-order chi connectivity index (χ1) is 11.9. The van der Waals surface area contributed by atoms with Gasteiger partial charge in [0.25, 0.3) is 0 Å². The maximum atomic E-state index is 12.8. The van der Waals surface area contributed by atoms with Crippen LogP contribution >= 0.6 is 0 Å².